The largest absolute Gasteiger partial charge is 0.462 e. The van der Waals surface area contributed by atoms with Crippen LogP contribution in [0.25, 0.3) is 0 Å². The van der Waals surface area contributed by atoms with E-state index < -0.39 is 6.10 Å². The number of allylic oxidation sites excluding steroid dienone is 20. The van der Waals surface area contributed by atoms with Crippen molar-refractivity contribution in [2.45, 2.75) is 335 Å². The summed E-state index contributed by atoms with van der Waals surface area (Å²) in [6, 6.07) is 0. The minimum absolute atomic E-state index is 0.0892. The van der Waals surface area contributed by atoms with Gasteiger partial charge in [-0.1, -0.05) is 316 Å². The van der Waals surface area contributed by atoms with Crippen LogP contribution in [0.4, 0.5) is 0 Å². The van der Waals surface area contributed by atoms with Crippen LogP contribution in [0.15, 0.2) is 122 Å². The molecule has 0 spiro atoms. The first-order valence-corrected chi connectivity index (χ1v) is 35.0. The molecule has 0 aromatic heterocycles. The lowest BCUT2D eigenvalue weighted by molar-refractivity contribution is -0.167. The molecule has 0 saturated heterocycles. The van der Waals surface area contributed by atoms with Gasteiger partial charge in [0.25, 0.3) is 0 Å². The smallest absolute Gasteiger partial charge is 0.306 e. The normalized spacial score (nSPS) is 12.9. The van der Waals surface area contributed by atoms with E-state index in [9.17, 15) is 14.4 Å². The van der Waals surface area contributed by atoms with Crippen molar-refractivity contribution in [3.05, 3.63) is 122 Å². The van der Waals surface area contributed by atoms with Gasteiger partial charge >= 0.3 is 17.9 Å². The van der Waals surface area contributed by atoms with E-state index >= 15 is 0 Å². The molecule has 0 fully saturated rings. The maximum atomic E-state index is 13.0. The van der Waals surface area contributed by atoms with Gasteiger partial charge in [0.05, 0.1) is 0 Å². The molecule has 0 aliphatic rings. The Hall–Kier alpha value is -4.19. The third-order valence-electron chi connectivity index (χ3n) is 15.0. The van der Waals surface area contributed by atoms with Crippen molar-refractivity contribution in [1.29, 1.82) is 0 Å². The minimum Gasteiger partial charge on any atom is -0.462 e. The fourth-order valence-electron chi connectivity index (χ4n) is 9.73. The first-order chi connectivity index (χ1) is 41.0. The Balaban J connectivity index is 4.43. The quantitative estimate of drug-likeness (QED) is 0.0261. The zero-order chi connectivity index (χ0) is 59.9. The summed E-state index contributed by atoms with van der Waals surface area (Å²) in [7, 11) is 0. The lowest BCUT2D eigenvalue weighted by atomic mass is 10.0. The molecule has 0 radical (unpaired) electrons. The standard InChI is InChI=1S/C77H130O6/c1-4-7-10-13-16-19-22-25-28-31-34-35-36-37-38-39-40-41-44-46-49-52-55-58-61-64-67-70-76(79)82-73-74(83-77(80)71-68-65-62-59-56-53-50-47-43-33-30-27-24-21-18-15-12-9-6-3)72-81-75(78)69-66-63-60-57-54-51-48-45-42-32-29-26-23-20-17-14-11-8-5-2/h7,10,16,18-19,21,25,27-28,30,34-35,37-38,40-41,43,46-47,49,74H,4-6,8-9,11-15,17,20,22-24,26,29,31-33,36,39,42,44-45,48,50-73H2,1-3H3/b10-7-,19-16-,21-18-,28-25-,30-27-,35-34-,38-37-,41-40-,47-43-,49-46-. The molecule has 0 bridgehead atoms. The van der Waals surface area contributed by atoms with Crippen LogP contribution < -0.4 is 0 Å². The van der Waals surface area contributed by atoms with Crippen LogP contribution in [-0.4, -0.2) is 37.2 Å². The summed E-state index contributed by atoms with van der Waals surface area (Å²) in [5, 5.41) is 0. The number of carbonyl (C=O) groups excluding carboxylic acids is 3. The lowest BCUT2D eigenvalue weighted by Gasteiger charge is -2.18. The van der Waals surface area contributed by atoms with Gasteiger partial charge in [-0.3, -0.25) is 14.4 Å². The van der Waals surface area contributed by atoms with E-state index in [-0.39, 0.29) is 31.1 Å². The first kappa shape index (κ1) is 78.8. The SMILES string of the molecule is CC/C=C\C/C=C\C/C=C\C/C=C\C/C=C\C/C=C\C/C=C\CCCCCCCC(=O)OCC(COC(=O)CCCCCCCCCCCCCCCCCCCCC)OC(=O)CCCCCCCC/C=C\C/C=C\C/C=C\CCCCC. The molecule has 474 valence electrons. The fraction of sp³-hybridized carbons (Fsp3) is 0.701. The van der Waals surface area contributed by atoms with Crippen molar-refractivity contribution in [1.82, 2.24) is 0 Å². The molecule has 0 heterocycles. The Morgan fingerprint density at radius 3 is 0.759 bits per heavy atom. The van der Waals surface area contributed by atoms with E-state index in [0.717, 1.165) is 148 Å². The Bertz CT molecular complexity index is 1700. The van der Waals surface area contributed by atoms with Crippen molar-refractivity contribution in [3.63, 3.8) is 0 Å². The lowest BCUT2D eigenvalue weighted by Crippen LogP contribution is -2.30. The molecule has 0 aliphatic heterocycles. The number of unbranched alkanes of at least 4 members (excludes halogenated alkanes) is 32. The summed E-state index contributed by atoms with van der Waals surface area (Å²) >= 11 is 0. The zero-order valence-electron chi connectivity index (χ0n) is 54.4. The average molecular weight is 1150 g/mol. The summed E-state index contributed by atoms with van der Waals surface area (Å²) in [4.78, 5) is 38.5. The summed E-state index contributed by atoms with van der Waals surface area (Å²) < 4.78 is 17.0. The van der Waals surface area contributed by atoms with E-state index in [2.05, 4.69) is 142 Å². The summed E-state index contributed by atoms with van der Waals surface area (Å²) in [6.45, 7) is 6.51. The van der Waals surface area contributed by atoms with Gasteiger partial charge in [0.1, 0.15) is 13.2 Å². The molecule has 0 N–H and O–H groups in total. The maximum Gasteiger partial charge on any atom is 0.306 e. The van der Waals surface area contributed by atoms with Gasteiger partial charge in [-0.2, -0.15) is 0 Å². The summed E-state index contributed by atoms with van der Waals surface area (Å²) in [5.41, 5.74) is 0. The van der Waals surface area contributed by atoms with Gasteiger partial charge in [-0.15, -0.1) is 0 Å². The molecule has 1 atom stereocenters. The van der Waals surface area contributed by atoms with Crippen LogP contribution in [0.3, 0.4) is 0 Å². The molecule has 0 amide bonds. The van der Waals surface area contributed by atoms with E-state index in [1.54, 1.807) is 0 Å². The van der Waals surface area contributed by atoms with E-state index in [4.69, 9.17) is 14.2 Å². The molecule has 1 unspecified atom stereocenters. The van der Waals surface area contributed by atoms with Gasteiger partial charge in [-0.25, -0.2) is 0 Å². The van der Waals surface area contributed by atoms with Crippen LogP contribution >= 0.6 is 0 Å². The van der Waals surface area contributed by atoms with E-state index in [1.165, 1.54) is 141 Å². The van der Waals surface area contributed by atoms with Gasteiger partial charge in [0, 0.05) is 19.3 Å². The van der Waals surface area contributed by atoms with Crippen molar-refractivity contribution >= 4 is 17.9 Å². The highest BCUT2D eigenvalue weighted by atomic mass is 16.6. The molecule has 6 nitrogen and oxygen atoms in total. The topological polar surface area (TPSA) is 78.9 Å². The predicted molar refractivity (Wildman–Crippen MR) is 362 cm³/mol. The molecule has 0 saturated carbocycles. The van der Waals surface area contributed by atoms with Gasteiger partial charge in [0.2, 0.25) is 0 Å². The van der Waals surface area contributed by atoms with E-state index in [1.807, 2.05) is 0 Å². The molecule has 0 aliphatic carbocycles. The predicted octanol–water partition coefficient (Wildman–Crippen LogP) is 24.3. The molecular formula is C77H130O6. The fourth-order valence-corrected chi connectivity index (χ4v) is 9.73. The average Bonchev–Trinajstić information content (AvgIpc) is 3.50. The number of esters is 3. The number of hydrogen-bond donors (Lipinski definition) is 0. The highest BCUT2D eigenvalue weighted by Crippen LogP contribution is 2.17. The second-order valence-electron chi connectivity index (χ2n) is 23.1. The van der Waals surface area contributed by atoms with Crippen LogP contribution in [0.5, 0.6) is 0 Å². The van der Waals surface area contributed by atoms with Crippen molar-refractivity contribution in [2.75, 3.05) is 13.2 Å². The van der Waals surface area contributed by atoms with Gasteiger partial charge in [0.15, 0.2) is 6.10 Å². The van der Waals surface area contributed by atoms with Crippen molar-refractivity contribution < 1.29 is 28.6 Å². The molecule has 83 heavy (non-hydrogen) atoms. The number of carbonyl (C=O) groups is 3. The highest BCUT2D eigenvalue weighted by molar-refractivity contribution is 5.71. The number of ether oxygens (including phenoxy) is 3. The Labute approximate surface area is 513 Å². The zero-order valence-corrected chi connectivity index (χ0v) is 54.4. The van der Waals surface area contributed by atoms with Crippen LogP contribution in [0, 0.1) is 0 Å². The maximum absolute atomic E-state index is 13.0. The Kier molecular flexibility index (Phi) is 66.7. The number of hydrogen-bond acceptors (Lipinski definition) is 6. The van der Waals surface area contributed by atoms with Gasteiger partial charge in [-0.05, 0) is 116 Å². The van der Waals surface area contributed by atoms with Crippen LogP contribution in [-0.2, 0) is 28.6 Å². The monoisotopic (exact) mass is 1150 g/mol. The van der Waals surface area contributed by atoms with Gasteiger partial charge < -0.3 is 14.2 Å². The Morgan fingerprint density at radius 1 is 0.253 bits per heavy atom. The Morgan fingerprint density at radius 2 is 0.470 bits per heavy atom. The molecule has 0 aromatic carbocycles. The van der Waals surface area contributed by atoms with Crippen LogP contribution in [0.1, 0.15) is 329 Å². The first-order valence-electron chi connectivity index (χ1n) is 35.0. The summed E-state index contributed by atoms with van der Waals surface area (Å²) in [5.74, 6) is -0.910. The highest BCUT2D eigenvalue weighted by Gasteiger charge is 2.19. The molecule has 0 aromatic rings. The van der Waals surface area contributed by atoms with Crippen molar-refractivity contribution in [2.24, 2.45) is 0 Å². The second kappa shape index (κ2) is 70.3. The van der Waals surface area contributed by atoms with E-state index in [0.29, 0.717) is 19.3 Å². The minimum atomic E-state index is -0.798. The van der Waals surface area contributed by atoms with Crippen molar-refractivity contribution in [3.8, 4) is 0 Å². The molecular weight excluding hydrogens is 1020 g/mol. The number of rotatable bonds is 63. The molecule has 6 heteroatoms. The second-order valence-corrected chi connectivity index (χ2v) is 23.1. The summed E-state index contributed by atoms with van der Waals surface area (Å²) in [6.07, 6.45) is 97.8. The molecule has 0 rings (SSSR count). The third kappa shape index (κ3) is 68.5. The third-order valence-corrected chi connectivity index (χ3v) is 15.0. The van der Waals surface area contributed by atoms with Crippen LogP contribution in [0.2, 0.25) is 0 Å².